The fourth-order valence-electron chi connectivity index (χ4n) is 6.68. The molecule has 0 aromatic heterocycles. The Kier molecular flexibility index (Phi) is 8.60. The Bertz CT molecular complexity index is 404. The van der Waals surface area contributed by atoms with Crippen molar-refractivity contribution < 1.29 is 0 Å². The summed E-state index contributed by atoms with van der Waals surface area (Å²) in [5.41, 5.74) is 1.83. The van der Waals surface area contributed by atoms with Gasteiger partial charge in [-0.25, -0.2) is 0 Å². The molecule has 26 heavy (non-hydrogen) atoms. The van der Waals surface area contributed by atoms with Gasteiger partial charge in [0.1, 0.15) is 0 Å². The van der Waals surface area contributed by atoms with E-state index in [2.05, 4.69) is 19.9 Å². The molecule has 2 fully saturated rings. The van der Waals surface area contributed by atoms with Crippen LogP contribution in [0.1, 0.15) is 123 Å². The lowest BCUT2D eigenvalue weighted by atomic mass is 9.65. The van der Waals surface area contributed by atoms with E-state index >= 15 is 0 Å². The molecule has 0 amide bonds. The third-order valence-corrected chi connectivity index (χ3v) is 8.33. The third kappa shape index (κ3) is 5.87. The summed E-state index contributed by atoms with van der Waals surface area (Å²) >= 11 is 0. The molecule has 0 aromatic rings. The fraction of sp³-hybridized carbons (Fsp3) is 0.923. The van der Waals surface area contributed by atoms with Crippen molar-refractivity contribution in [3.05, 3.63) is 11.6 Å². The maximum Gasteiger partial charge on any atom is -0.0289 e. The summed E-state index contributed by atoms with van der Waals surface area (Å²) in [6, 6.07) is 0. The maximum atomic E-state index is 2.60. The second-order valence-corrected chi connectivity index (χ2v) is 10.1. The van der Waals surface area contributed by atoms with Crippen LogP contribution < -0.4 is 0 Å². The van der Waals surface area contributed by atoms with Gasteiger partial charge in [0, 0.05) is 0 Å². The van der Waals surface area contributed by atoms with E-state index in [1.54, 1.807) is 51.4 Å². The Hall–Kier alpha value is -0.260. The van der Waals surface area contributed by atoms with E-state index in [1.807, 2.05) is 5.57 Å². The highest BCUT2D eigenvalue weighted by atomic mass is 14.4. The predicted octanol–water partition coefficient (Wildman–Crippen LogP) is 8.71. The van der Waals surface area contributed by atoms with E-state index in [9.17, 15) is 0 Å². The topological polar surface area (TPSA) is 0 Å². The molecule has 0 saturated heterocycles. The van der Waals surface area contributed by atoms with Crippen molar-refractivity contribution in [3.63, 3.8) is 0 Å². The summed E-state index contributed by atoms with van der Waals surface area (Å²) in [6.45, 7) is 4.69. The predicted molar refractivity (Wildman–Crippen MR) is 115 cm³/mol. The van der Waals surface area contributed by atoms with Crippen molar-refractivity contribution in [2.75, 3.05) is 0 Å². The van der Waals surface area contributed by atoms with Gasteiger partial charge in [0.05, 0.1) is 0 Å². The van der Waals surface area contributed by atoms with E-state index in [1.165, 1.54) is 57.8 Å². The maximum absolute atomic E-state index is 2.60. The summed E-state index contributed by atoms with van der Waals surface area (Å²) in [5, 5.41) is 0. The number of hydrogen-bond acceptors (Lipinski definition) is 0. The first kappa shape index (κ1) is 20.5. The largest absolute Gasteiger partial charge is 0.0853 e. The van der Waals surface area contributed by atoms with Crippen molar-refractivity contribution >= 4 is 0 Å². The molecule has 0 nitrogen and oxygen atoms in total. The minimum atomic E-state index is 1.04. The summed E-state index contributed by atoms with van der Waals surface area (Å²) in [7, 11) is 0. The lowest BCUT2D eigenvalue weighted by Gasteiger charge is -2.40. The molecule has 150 valence electrons. The molecule has 0 radical (unpaired) electrons. The first-order chi connectivity index (χ1) is 12.8. The molecule has 3 rings (SSSR count). The van der Waals surface area contributed by atoms with Crippen molar-refractivity contribution in [1.29, 1.82) is 0 Å². The standard InChI is InChI=1S/C26H46/c1-3-5-6-9-22-10-7-11-26(20-22)25-18-16-24(17-19-25)23-14-12-21(8-4-2)13-15-23/h10,21,23-26H,3-9,11-20H2,1-2H3. The minimum Gasteiger partial charge on any atom is -0.0853 e. The van der Waals surface area contributed by atoms with Crippen LogP contribution in [0.2, 0.25) is 0 Å². The van der Waals surface area contributed by atoms with Gasteiger partial charge in [0.2, 0.25) is 0 Å². The second-order valence-electron chi connectivity index (χ2n) is 10.1. The molecule has 0 N–H and O–H groups in total. The SMILES string of the molecule is CCCCCC1=CCCC(C2CCC(C3CCC(CCC)CC3)CC2)C1. The molecule has 0 heterocycles. The van der Waals surface area contributed by atoms with Crippen molar-refractivity contribution in [2.24, 2.45) is 29.6 Å². The van der Waals surface area contributed by atoms with E-state index < -0.39 is 0 Å². The van der Waals surface area contributed by atoms with Crippen molar-refractivity contribution in [3.8, 4) is 0 Å². The lowest BCUT2D eigenvalue weighted by molar-refractivity contribution is 0.119. The van der Waals surface area contributed by atoms with E-state index in [0.29, 0.717) is 0 Å². The number of unbranched alkanes of at least 4 members (excludes halogenated alkanes) is 2. The van der Waals surface area contributed by atoms with Gasteiger partial charge < -0.3 is 0 Å². The normalized spacial score (nSPS) is 35.9. The first-order valence-electron chi connectivity index (χ1n) is 12.5. The zero-order chi connectivity index (χ0) is 18.2. The zero-order valence-electron chi connectivity index (χ0n) is 18.0. The highest BCUT2D eigenvalue weighted by molar-refractivity contribution is 5.07. The molecule has 2 saturated carbocycles. The van der Waals surface area contributed by atoms with Crippen LogP contribution in [0.15, 0.2) is 11.6 Å². The molecule has 1 unspecified atom stereocenters. The summed E-state index contributed by atoms with van der Waals surface area (Å²) in [6.07, 6.45) is 27.9. The van der Waals surface area contributed by atoms with Gasteiger partial charge in [-0.15, -0.1) is 0 Å². The lowest BCUT2D eigenvalue weighted by Crippen LogP contribution is -2.29. The van der Waals surface area contributed by atoms with Crippen LogP contribution in [-0.4, -0.2) is 0 Å². The van der Waals surface area contributed by atoms with E-state index in [0.717, 1.165) is 29.6 Å². The van der Waals surface area contributed by atoms with Gasteiger partial charge in [-0.2, -0.15) is 0 Å². The number of allylic oxidation sites excluding steroid dienone is 2. The fourth-order valence-corrected chi connectivity index (χ4v) is 6.68. The molecule has 0 bridgehead atoms. The highest BCUT2D eigenvalue weighted by Gasteiger charge is 2.33. The summed E-state index contributed by atoms with van der Waals surface area (Å²) in [4.78, 5) is 0. The van der Waals surface area contributed by atoms with Gasteiger partial charge >= 0.3 is 0 Å². The summed E-state index contributed by atoms with van der Waals surface area (Å²) in [5.74, 6) is 5.38. The minimum absolute atomic E-state index is 1.04. The molecular weight excluding hydrogens is 312 g/mol. The van der Waals surface area contributed by atoms with E-state index in [-0.39, 0.29) is 0 Å². The molecule has 3 aliphatic carbocycles. The highest BCUT2D eigenvalue weighted by Crippen LogP contribution is 2.46. The summed E-state index contributed by atoms with van der Waals surface area (Å²) < 4.78 is 0. The number of hydrogen-bond donors (Lipinski definition) is 0. The Morgan fingerprint density at radius 2 is 1.31 bits per heavy atom. The molecule has 1 atom stereocenters. The molecule has 0 aromatic carbocycles. The molecular formula is C26H46. The van der Waals surface area contributed by atoms with Crippen LogP contribution in [0.4, 0.5) is 0 Å². The Morgan fingerprint density at radius 1 is 0.692 bits per heavy atom. The van der Waals surface area contributed by atoms with Gasteiger partial charge in [0.25, 0.3) is 0 Å². The Morgan fingerprint density at radius 3 is 1.92 bits per heavy atom. The zero-order valence-corrected chi connectivity index (χ0v) is 18.0. The quantitative estimate of drug-likeness (QED) is 0.300. The van der Waals surface area contributed by atoms with Crippen LogP contribution in [0.5, 0.6) is 0 Å². The second kappa shape index (κ2) is 10.9. The average molecular weight is 359 g/mol. The Labute approximate surface area is 164 Å². The van der Waals surface area contributed by atoms with Crippen LogP contribution >= 0.6 is 0 Å². The van der Waals surface area contributed by atoms with E-state index in [4.69, 9.17) is 0 Å². The number of rotatable bonds is 8. The van der Waals surface area contributed by atoms with Gasteiger partial charge in [-0.05, 0) is 100 Å². The van der Waals surface area contributed by atoms with Crippen LogP contribution in [0.25, 0.3) is 0 Å². The monoisotopic (exact) mass is 358 g/mol. The average Bonchev–Trinajstić information content (AvgIpc) is 2.70. The smallest absolute Gasteiger partial charge is 0.0289 e. The Balaban J connectivity index is 1.38. The third-order valence-electron chi connectivity index (χ3n) is 8.33. The van der Waals surface area contributed by atoms with Gasteiger partial charge in [-0.1, -0.05) is 64.0 Å². The van der Waals surface area contributed by atoms with Crippen LogP contribution in [0, 0.1) is 29.6 Å². The molecule has 3 aliphatic rings. The molecule has 0 heteroatoms. The molecule has 0 spiro atoms. The van der Waals surface area contributed by atoms with Crippen molar-refractivity contribution in [1.82, 2.24) is 0 Å². The van der Waals surface area contributed by atoms with Gasteiger partial charge in [0.15, 0.2) is 0 Å². The van der Waals surface area contributed by atoms with Crippen LogP contribution in [-0.2, 0) is 0 Å². The van der Waals surface area contributed by atoms with Crippen LogP contribution in [0.3, 0.4) is 0 Å². The first-order valence-corrected chi connectivity index (χ1v) is 12.5. The molecule has 0 aliphatic heterocycles. The van der Waals surface area contributed by atoms with Gasteiger partial charge in [-0.3, -0.25) is 0 Å². The van der Waals surface area contributed by atoms with Crippen molar-refractivity contribution in [2.45, 2.75) is 123 Å².